The molecule has 6 rings (SSSR count). The van der Waals surface area contributed by atoms with Crippen LogP contribution in [0, 0.1) is 5.41 Å². The van der Waals surface area contributed by atoms with Crippen molar-refractivity contribution in [2.24, 2.45) is 5.41 Å². The average Bonchev–Trinajstić information content (AvgIpc) is 3.14. The van der Waals surface area contributed by atoms with Gasteiger partial charge in [0.15, 0.2) is 0 Å². The van der Waals surface area contributed by atoms with E-state index in [1.54, 1.807) is 0 Å². The molecule has 7 nitrogen and oxygen atoms in total. The minimum absolute atomic E-state index is 0.0747. The quantitative estimate of drug-likeness (QED) is 0.668. The number of esters is 1. The molecule has 2 aromatic carbocycles. The molecule has 2 N–H and O–H groups in total. The lowest BCUT2D eigenvalue weighted by Crippen LogP contribution is -2.66. The van der Waals surface area contributed by atoms with Gasteiger partial charge in [-0.05, 0) is 55.3 Å². The Morgan fingerprint density at radius 1 is 1.09 bits per heavy atom. The van der Waals surface area contributed by atoms with E-state index < -0.39 is 6.04 Å². The fraction of sp³-hybridized carbons (Fsp3) is 0.370. The second kappa shape index (κ2) is 8.18. The number of hydrazine groups is 1. The van der Waals surface area contributed by atoms with Gasteiger partial charge in [0.2, 0.25) is 0 Å². The number of carbonyl (C=O) groups excluding carboxylic acids is 1. The standard InChI is InChI=1S/C27H30N4O3/c1-3-34-26(32)23-13-22(19-9-11-20(12-10-19)30-14-27(15-30)16-33-17-27)24-18(2)29-31(25(24)28-23)21-7-5-4-6-8-21/h4-13,18,23,28-29H,3,14-17H2,1-2H3. The van der Waals surface area contributed by atoms with E-state index in [9.17, 15) is 4.79 Å². The second-order valence-electron chi connectivity index (χ2n) is 9.63. The van der Waals surface area contributed by atoms with Crippen LogP contribution in [0.4, 0.5) is 11.4 Å². The molecular formula is C27H30N4O3. The Kier molecular flexibility index (Phi) is 5.12. The molecule has 0 aromatic heterocycles. The van der Waals surface area contributed by atoms with Crippen LogP contribution in [0.1, 0.15) is 19.4 Å². The second-order valence-corrected chi connectivity index (χ2v) is 9.63. The molecule has 4 heterocycles. The van der Waals surface area contributed by atoms with Gasteiger partial charge < -0.3 is 19.7 Å². The fourth-order valence-electron chi connectivity index (χ4n) is 5.36. The van der Waals surface area contributed by atoms with E-state index in [0.29, 0.717) is 12.0 Å². The van der Waals surface area contributed by atoms with Crippen LogP contribution in [0.3, 0.4) is 0 Å². The van der Waals surface area contributed by atoms with E-state index in [0.717, 1.165) is 54.5 Å². The number of rotatable bonds is 5. The zero-order chi connectivity index (χ0) is 23.3. The Labute approximate surface area is 200 Å². The van der Waals surface area contributed by atoms with Crippen LogP contribution in [0.25, 0.3) is 5.57 Å². The van der Waals surface area contributed by atoms with E-state index in [2.05, 4.69) is 59.0 Å². The number of ether oxygens (including phenoxy) is 2. The maximum atomic E-state index is 12.8. The van der Waals surface area contributed by atoms with Crippen LogP contribution in [0.15, 0.2) is 72.1 Å². The number of hydrogen-bond acceptors (Lipinski definition) is 7. The fourth-order valence-corrected chi connectivity index (χ4v) is 5.36. The minimum Gasteiger partial charge on any atom is -0.464 e. The average molecular weight is 459 g/mol. The van der Waals surface area contributed by atoms with Crippen LogP contribution in [-0.2, 0) is 14.3 Å². The SMILES string of the molecule is CCOC(=O)C1C=C(c2ccc(N3CC4(COC4)C3)cc2)C2=C(N1)N(c1ccccc1)NC2C. The van der Waals surface area contributed by atoms with Gasteiger partial charge in [-0.3, -0.25) is 5.01 Å². The first-order valence-corrected chi connectivity index (χ1v) is 12.0. The molecule has 0 aliphatic carbocycles. The molecule has 7 heteroatoms. The van der Waals surface area contributed by atoms with Crippen molar-refractivity contribution in [1.29, 1.82) is 0 Å². The summed E-state index contributed by atoms with van der Waals surface area (Å²) in [5.74, 6) is 0.623. The maximum Gasteiger partial charge on any atom is 0.332 e. The zero-order valence-electron chi connectivity index (χ0n) is 19.6. The molecule has 2 atom stereocenters. The number of carbonyl (C=O) groups is 1. The molecule has 0 amide bonds. The van der Waals surface area contributed by atoms with Gasteiger partial charge in [-0.25, -0.2) is 10.2 Å². The van der Waals surface area contributed by atoms with E-state index >= 15 is 0 Å². The van der Waals surface area contributed by atoms with Crippen LogP contribution >= 0.6 is 0 Å². The molecule has 0 saturated carbocycles. The van der Waals surface area contributed by atoms with E-state index in [-0.39, 0.29) is 12.0 Å². The van der Waals surface area contributed by atoms with Crippen molar-refractivity contribution in [1.82, 2.24) is 10.7 Å². The Bertz CT molecular complexity index is 1150. The van der Waals surface area contributed by atoms with Crippen LogP contribution in [0.2, 0.25) is 0 Å². The molecule has 2 fully saturated rings. The van der Waals surface area contributed by atoms with Gasteiger partial charge in [-0.15, -0.1) is 0 Å². The highest BCUT2D eigenvalue weighted by atomic mass is 16.5. The molecule has 176 valence electrons. The molecule has 34 heavy (non-hydrogen) atoms. The lowest BCUT2D eigenvalue weighted by atomic mass is 9.77. The lowest BCUT2D eigenvalue weighted by molar-refractivity contribution is -0.144. The first-order chi connectivity index (χ1) is 16.6. The summed E-state index contributed by atoms with van der Waals surface area (Å²) in [6.45, 7) is 8.22. The van der Waals surface area contributed by atoms with Crippen LogP contribution in [-0.4, -0.2) is 51.0 Å². The van der Waals surface area contributed by atoms with Gasteiger partial charge >= 0.3 is 5.97 Å². The Morgan fingerprint density at radius 3 is 2.47 bits per heavy atom. The molecule has 0 bridgehead atoms. The minimum atomic E-state index is -0.555. The first-order valence-electron chi connectivity index (χ1n) is 12.0. The summed E-state index contributed by atoms with van der Waals surface area (Å²) >= 11 is 0. The third-order valence-electron chi connectivity index (χ3n) is 7.12. The summed E-state index contributed by atoms with van der Waals surface area (Å²) < 4.78 is 10.8. The predicted octanol–water partition coefficient (Wildman–Crippen LogP) is 3.07. The topological polar surface area (TPSA) is 66.1 Å². The summed E-state index contributed by atoms with van der Waals surface area (Å²) in [5, 5.41) is 5.46. The number of benzene rings is 2. The Morgan fingerprint density at radius 2 is 1.82 bits per heavy atom. The summed E-state index contributed by atoms with van der Waals surface area (Å²) in [4.78, 5) is 15.2. The predicted molar refractivity (Wildman–Crippen MR) is 132 cm³/mol. The Balaban J connectivity index is 1.33. The number of para-hydroxylation sites is 1. The van der Waals surface area contributed by atoms with E-state index in [4.69, 9.17) is 9.47 Å². The van der Waals surface area contributed by atoms with Gasteiger partial charge in [0.1, 0.15) is 11.9 Å². The molecule has 0 radical (unpaired) electrons. The van der Waals surface area contributed by atoms with Crippen molar-refractivity contribution < 1.29 is 14.3 Å². The maximum absolute atomic E-state index is 12.8. The van der Waals surface area contributed by atoms with Crippen molar-refractivity contribution in [3.05, 3.63) is 77.6 Å². The summed E-state index contributed by atoms with van der Waals surface area (Å²) in [5.41, 5.74) is 9.48. The summed E-state index contributed by atoms with van der Waals surface area (Å²) in [6, 6.07) is 18.4. The van der Waals surface area contributed by atoms with Gasteiger partial charge in [-0.2, -0.15) is 0 Å². The summed E-state index contributed by atoms with van der Waals surface area (Å²) in [7, 11) is 0. The molecule has 1 spiro atoms. The third-order valence-corrected chi connectivity index (χ3v) is 7.12. The highest BCUT2D eigenvalue weighted by Crippen LogP contribution is 2.42. The largest absolute Gasteiger partial charge is 0.464 e. The van der Waals surface area contributed by atoms with Gasteiger partial charge in [0, 0.05) is 24.4 Å². The number of nitrogens with one attached hydrogen (secondary N) is 2. The van der Waals surface area contributed by atoms with Crippen LogP contribution < -0.4 is 20.7 Å². The number of anilines is 2. The first kappa shape index (κ1) is 21.3. The highest BCUT2D eigenvalue weighted by Gasteiger charge is 2.49. The van der Waals surface area contributed by atoms with Crippen molar-refractivity contribution in [3.8, 4) is 0 Å². The number of nitrogens with zero attached hydrogens (tertiary/aromatic N) is 2. The van der Waals surface area contributed by atoms with Crippen molar-refractivity contribution >= 4 is 22.9 Å². The summed E-state index contributed by atoms with van der Waals surface area (Å²) in [6.07, 6.45) is 2.00. The zero-order valence-corrected chi connectivity index (χ0v) is 19.6. The van der Waals surface area contributed by atoms with Crippen molar-refractivity contribution in [2.45, 2.75) is 25.9 Å². The van der Waals surface area contributed by atoms with E-state index in [1.165, 1.54) is 5.69 Å². The molecule has 4 aliphatic rings. The molecular weight excluding hydrogens is 428 g/mol. The Hall–Kier alpha value is -3.29. The van der Waals surface area contributed by atoms with Gasteiger partial charge in [0.25, 0.3) is 0 Å². The van der Waals surface area contributed by atoms with Crippen molar-refractivity contribution in [3.63, 3.8) is 0 Å². The normalized spacial score (nSPS) is 24.7. The monoisotopic (exact) mass is 458 g/mol. The molecule has 2 saturated heterocycles. The molecule has 2 aromatic rings. The van der Waals surface area contributed by atoms with Crippen LogP contribution in [0.5, 0.6) is 0 Å². The van der Waals surface area contributed by atoms with Crippen molar-refractivity contribution in [2.75, 3.05) is 42.8 Å². The smallest absolute Gasteiger partial charge is 0.332 e. The van der Waals surface area contributed by atoms with E-state index in [1.807, 2.05) is 36.2 Å². The highest BCUT2D eigenvalue weighted by molar-refractivity contribution is 5.91. The lowest BCUT2D eigenvalue weighted by Gasteiger charge is -2.56. The number of hydrogen-bond donors (Lipinski definition) is 2. The number of dihydropyridines is 1. The molecule has 2 unspecified atom stereocenters. The third kappa shape index (κ3) is 3.47. The van der Waals surface area contributed by atoms with Gasteiger partial charge in [-0.1, -0.05) is 30.3 Å². The molecule has 4 aliphatic heterocycles. The van der Waals surface area contributed by atoms with Gasteiger partial charge in [0.05, 0.1) is 37.0 Å².